The van der Waals surface area contributed by atoms with E-state index >= 15 is 0 Å². The van der Waals surface area contributed by atoms with Crippen LogP contribution in [-0.4, -0.2) is 33.5 Å². The molecule has 0 aliphatic carbocycles. The summed E-state index contributed by atoms with van der Waals surface area (Å²) in [5.74, 6) is 0.673. The Balaban J connectivity index is 2.12. The van der Waals surface area contributed by atoms with Crippen molar-refractivity contribution in [2.24, 2.45) is 0 Å². The fraction of sp³-hybridized carbons (Fsp3) is 0.455. The van der Waals surface area contributed by atoms with Crippen LogP contribution in [0.1, 0.15) is 6.92 Å². The predicted octanol–water partition coefficient (Wildman–Crippen LogP) is 1.26. The lowest BCUT2D eigenvalue weighted by Gasteiger charge is -2.06. The SMILES string of the molecule is CCS(=O)(=O)c1cccc(OC[C@@H]2CO2)c1. The highest BCUT2D eigenvalue weighted by Gasteiger charge is 2.23. The van der Waals surface area contributed by atoms with Crippen molar-refractivity contribution in [1.82, 2.24) is 0 Å². The van der Waals surface area contributed by atoms with Gasteiger partial charge >= 0.3 is 0 Å². The van der Waals surface area contributed by atoms with Gasteiger partial charge in [-0.1, -0.05) is 13.0 Å². The maximum atomic E-state index is 11.6. The normalized spacial score (nSPS) is 19.4. The van der Waals surface area contributed by atoms with Gasteiger partial charge in [-0.3, -0.25) is 0 Å². The Hall–Kier alpha value is -1.07. The number of epoxide rings is 1. The first kappa shape index (κ1) is 11.4. The van der Waals surface area contributed by atoms with E-state index in [1.807, 2.05) is 0 Å². The maximum absolute atomic E-state index is 11.6. The molecular formula is C11H14O4S. The quantitative estimate of drug-likeness (QED) is 0.729. The lowest BCUT2D eigenvalue weighted by molar-refractivity contribution is 0.262. The summed E-state index contributed by atoms with van der Waals surface area (Å²) in [5, 5.41) is 0. The van der Waals surface area contributed by atoms with Crippen molar-refractivity contribution in [2.45, 2.75) is 17.9 Å². The minimum Gasteiger partial charge on any atom is -0.491 e. The lowest BCUT2D eigenvalue weighted by atomic mass is 10.3. The van der Waals surface area contributed by atoms with E-state index in [4.69, 9.17) is 9.47 Å². The maximum Gasteiger partial charge on any atom is 0.178 e. The Bertz CT molecular complexity index is 463. The molecular weight excluding hydrogens is 228 g/mol. The Kier molecular flexibility index (Phi) is 3.16. The van der Waals surface area contributed by atoms with Crippen LogP contribution < -0.4 is 4.74 Å². The van der Waals surface area contributed by atoms with Crippen LogP contribution in [0.2, 0.25) is 0 Å². The molecule has 0 amide bonds. The molecule has 0 radical (unpaired) electrons. The Morgan fingerprint density at radius 2 is 2.25 bits per heavy atom. The summed E-state index contributed by atoms with van der Waals surface area (Å²) in [5.41, 5.74) is 0. The highest BCUT2D eigenvalue weighted by molar-refractivity contribution is 7.91. The van der Waals surface area contributed by atoms with Crippen molar-refractivity contribution in [1.29, 1.82) is 0 Å². The van der Waals surface area contributed by atoms with Crippen LogP contribution in [-0.2, 0) is 14.6 Å². The number of rotatable bonds is 5. The summed E-state index contributed by atoms with van der Waals surface area (Å²) in [4.78, 5) is 0.309. The first-order chi connectivity index (χ1) is 7.62. The lowest BCUT2D eigenvalue weighted by Crippen LogP contribution is -2.06. The topological polar surface area (TPSA) is 55.9 Å². The van der Waals surface area contributed by atoms with Gasteiger partial charge in [0.15, 0.2) is 9.84 Å². The largest absolute Gasteiger partial charge is 0.491 e. The Labute approximate surface area is 95.1 Å². The monoisotopic (exact) mass is 242 g/mol. The molecule has 4 nitrogen and oxygen atoms in total. The van der Waals surface area contributed by atoms with Crippen molar-refractivity contribution in [3.05, 3.63) is 24.3 Å². The second-order valence-electron chi connectivity index (χ2n) is 3.64. The van der Waals surface area contributed by atoms with Gasteiger partial charge in [-0.15, -0.1) is 0 Å². The molecule has 1 saturated heterocycles. The Morgan fingerprint density at radius 1 is 1.50 bits per heavy atom. The van der Waals surface area contributed by atoms with E-state index in [1.165, 1.54) is 0 Å². The summed E-state index contributed by atoms with van der Waals surface area (Å²) in [6, 6.07) is 6.57. The highest BCUT2D eigenvalue weighted by Crippen LogP contribution is 2.20. The van der Waals surface area contributed by atoms with Crippen molar-refractivity contribution >= 4 is 9.84 Å². The summed E-state index contributed by atoms with van der Waals surface area (Å²) in [6.45, 7) is 2.84. The number of hydrogen-bond donors (Lipinski definition) is 0. The van der Waals surface area contributed by atoms with Crippen molar-refractivity contribution in [3.63, 3.8) is 0 Å². The molecule has 0 N–H and O–H groups in total. The van der Waals surface area contributed by atoms with Gasteiger partial charge in [-0.25, -0.2) is 8.42 Å². The minimum atomic E-state index is -3.15. The number of hydrogen-bond acceptors (Lipinski definition) is 4. The number of ether oxygens (including phenoxy) is 2. The van der Waals surface area contributed by atoms with E-state index in [0.717, 1.165) is 6.61 Å². The van der Waals surface area contributed by atoms with Crippen LogP contribution >= 0.6 is 0 Å². The molecule has 1 aromatic carbocycles. The minimum absolute atomic E-state index is 0.0994. The van der Waals surface area contributed by atoms with Gasteiger partial charge in [0.2, 0.25) is 0 Å². The molecule has 1 aliphatic rings. The molecule has 16 heavy (non-hydrogen) atoms. The van der Waals surface area contributed by atoms with Crippen molar-refractivity contribution < 1.29 is 17.9 Å². The van der Waals surface area contributed by atoms with Gasteiger partial charge in [-0.05, 0) is 18.2 Å². The fourth-order valence-electron chi connectivity index (χ4n) is 1.28. The summed E-state index contributed by atoms with van der Waals surface area (Å²) < 4.78 is 33.7. The third-order valence-corrected chi connectivity index (χ3v) is 4.12. The highest BCUT2D eigenvalue weighted by atomic mass is 32.2. The zero-order valence-electron chi connectivity index (χ0n) is 9.05. The van der Waals surface area contributed by atoms with Gasteiger partial charge in [0, 0.05) is 0 Å². The second kappa shape index (κ2) is 4.43. The average Bonchev–Trinajstić information content (AvgIpc) is 3.11. The van der Waals surface area contributed by atoms with Gasteiger partial charge in [0.25, 0.3) is 0 Å². The Morgan fingerprint density at radius 3 is 2.88 bits per heavy atom. The van der Waals surface area contributed by atoms with Crippen LogP contribution in [0.15, 0.2) is 29.2 Å². The van der Waals surface area contributed by atoms with E-state index in [0.29, 0.717) is 17.3 Å². The zero-order valence-corrected chi connectivity index (χ0v) is 9.87. The van der Waals surface area contributed by atoms with Crippen molar-refractivity contribution in [3.8, 4) is 5.75 Å². The molecule has 1 heterocycles. The van der Waals surface area contributed by atoms with Gasteiger partial charge in [-0.2, -0.15) is 0 Å². The van der Waals surface area contributed by atoms with Crippen LogP contribution in [0.25, 0.3) is 0 Å². The van der Waals surface area contributed by atoms with Crippen molar-refractivity contribution in [2.75, 3.05) is 19.0 Å². The van der Waals surface area contributed by atoms with Crippen LogP contribution in [0.5, 0.6) is 5.75 Å². The van der Waals surface area contributed by atoms with E-state index in [-0.39, 0.29) is 11.9 Å². The second-order valence-corrected chi connectivity index (χ2v) is 5.92. The molecule has 1 atom stereocenters. The molecule has 1 aromatic rings. The fourth-order valence-corrected chi connectivity index (χ4v) is 2.19. The molecule has 1 aliphatic heterocycles. The average molecular weight is 242 g/mol. The molecule has 0 aromatic heterocycles. The van der Waals surface area contributed by atoms with Crippen LogP contribution in [0, 0.1) is 0 Å². The molecule has 0 unspecified atom stereocenters. The van der Waals surface area contributed by atoms with Crippen LogP contribution in [0.3, 0.4) is 0 Å². The third kappa shape index (κ3) is 2.74. The number of sulfone groups is 1. The summed E-state index contributed by atoms with van der Waals surface area (Å²) in [6.07, 6.45) is 0.173. The van der Waals surface area contributed by atoms with E-state index in [9.17, 15) is 8.42 Å². The summed E-state index contributed by atoms with van der Waals surface area (Å²) in [7, 11) is -3.15. The van der Waals surface area contributed by atoms with Gasteiger partial charge in [0.05, 0.1) is 17.3 Å². The smallest absolute Gasteiger partial charge is 0.178 e. The van der Waals surface area contributed by atoms with Crippen LogP contribution in [0.4, 0.5) is 0 Å². The molecule has 0 saturated carbocycles. The predicted molar refractivity (Wildman–Crippen MR) is 59.4 cm³/mol. The summed E-state index contributed by atoms with van der Waals surface area (Å²) >= 11 is 0. The van der Waals surface area contributed by atoms with Gasteiger partial charge in [0.1, 0.15) is 18.5 Å². The third-order valence-electron chi connectivity index (χ3n) is 2.38. The zero-order chi connectivity index (χ0) is 11.6. The molecule has 0 spiro atoms. The molecule has 0 bridgehead atoms. The van der Waals surface area contributed by atoms with Gasteiger partial charge < -0.3 is 9.47 Å². The van der Waals surface area contributed by atoms with E-state index in [1.54, 1.807) is 31.2 Å². The molecule has 5 heteroatoms. The van der Waals surface area contributed by atoms with E-state index in [2.05, 4.69) is 0 Å². The number of benzene rings is 1. The first-order valence-electron chi connectivity index (χ1n) is 5.19. The molecule has 1 fully saturated rings. The standard InChI is InChI=1S/C11H14O4S/c1-2-16(12,13)11-5-3-4-9(6-11)14-7-10-8-15-10/h3-6,10H,2,7-8H2,1H3/t10-/m1/s1. The van der Waals surface area contributed by atoms with E-state index < -0.39 is 9.84 Å². The molecule has 2 rings (SSSR count). The first-order valence-corrected chi connectivity index (χ1v) is 6.84. The molecule has 88 valence electrons.